The first-order chi connectivity index (χ1) is 14.5. The van der Waals surface area contributed by atoms with Gasteiger partial charge in [-0.1, -0.05) is 12.1 Å². The maximum Gasteiger partial charge on any atom is 0.350 e. The van der Waals surface area contributed by atoms with E-state index in [1.807, 2.05) is 19.1 Å². The number of aromatic nitrogens is 7. The van der Waals surface area contributed by atoms with Crippen LogP contribution < -0.4 is 16.3 Å². The summed E-state index contributed by atoms with van der Waals surface area (Å²) in [4.78, 5) is 24.3. The van der Waals surface area contributed by atoms with Gasteiger partial charge in [-0.05, 0) is 53.7 Å². The minimum Gasteiger partial charge on any atom is -0.308 e. The second-order valence-electron chi connectivity index (χ2n) is 6.46. The van der Waals surface area contributed by atoms with Crippen LogP contribution in [0.5, 0.6) is 0 Å². The summed E-state index contributed by atoms with van der Waals surface area (Å²) in [6.07, 6.45) is 1.44. The van der Waals surface area contributed by atoms with Crippen molar-refractivity contribution in [3.63, 3.8) is 0 Å². The van der Waals surface area contributed by atoms with E-state index in [1.54, 1.807) is 48.1 Å². The van der Waals surface area contributed by atoms with Crippen molar-refractivity contribution in [2.45, 2.75) is 13.5 Å². The van der Waals surface area contributed by atoms with Gasteiger partial charge in [-0.3, -0.25) is 4.57 Å². The number of aryl methyl sites for hydroxylation is 2. The molecule has 0 saturated heterocycles. The van der Waals surface area contributed by atoms with E-state index in [1.165, 1.54) is 15.6 Å². The Morgan fingerprint density at radius 3 is 2.53 bits per heavy atom. The number of anilines is 2. The Morgan fingerprint density at radius 1 is 1.07 bits per heavy atom. The highest BCUT2D eigenvalue weighted by Gasteiger charge is 2.10. The second kappa shape index (κ2) is 7.99. The summed E-state index contributed by atoms with van der Waals surface area (Å²) < 4.78 is 4.33. The molecule has 0 aliphatic heterocycles. The molecule has 2 aromatic heterocycles. The van der Waals surface area contributed by atoms with Gasteiger partial charge in [-0.2, -0.15) is 9.78 Å². The molecule has 4 aromatic rings. The minimum absolute atomic E-state index is 0.248. The Bertz CT molecular complexity index is 1240. The van der Waals surface area contributed by atoms with E-state index in [0.717, 1.165) is 5.56 Å². The molecule has 2 N–H and O–H groups in total. The predicted molar refractivity (Wildman–Crippen MR) is 110 cm³/mol. The van der Waals surface area contributed by atoms with Gasteiger partial charge >= 0.3 is 11.7 Å². The lowest BCUT2D eigenvalue weighted by Crippen LogP contribution is -2.21. The van der Waals surface area contributed by atoms with E-state index in [0.29, 0.717) is 29.4 Å². The molecule has 0 aliphatic carbocycles. The van der Waals surface area contributed by atoms with Crippen molar-refractivity contribution in [1.29, 1.82) is 0 Å². The summed E-state index contributed by atoms with van der Waals surface area (Å²) in [6.45, 7) is 2.59. The predicted octanol–water partition coefficient (Wildman–Crippen LogP) is 1.89. The summed E-state index contributed by atoms with van der Waals surface area (Å²) in [5.41, 5.74) is 2.33. The monoisotopic (exact) mass is 405 g/mol. The zero-order valence-electron chi connectivity index (χ0n) is 16.4. The largest absolute Gasteiger partial charge is 0.350 e. The average molecular weight is 405 g/mol. The maximum absolute atomic E-state index is 12.4. The lowest BCUT2D eigenvalue weighted by atomic mass is 10.2. The molecule has 0 saturated carbocycles. The molecule has 30 heavy (non-hydrogen) atoms. The van der Waals surface area contributed by atoms with Crippen LogP contribution in [-0.4, -0.2) is 40.6 Å². The minimum atomic E-state index is -0.398. The molecular weight excluding hydrogens is 386 g/mol. The number of carbonyl (C=O) groups excluding carboxylic acids is 1. The van der Waals surface area contributed by atoms with Crippen LogP contribution in [0.3, 0.4) is 0 Å². The molecule has 11 nitrogen and oxygen atoms in total. The van der Waals surface area contributed by atoms with Gasteiger partial charge in [0, 0.05) is 30.5 Å². The molecule has 0 fully saturated rings. The SMILES string of the molecule is CCn1nnnc1-c1cccc(NC(=O)Nc2ccc(-n3ncn(C)c3=O)cc2)c1. The van der Waals surface area contributed by atoms with Gasteiger partial charge in [0.15, 0.2) is 5.82 Å². The Kier molecular flexibility index (Phi) is 5.08. The van der Waals surface area contributed by atoms with Gasteiger partial charge in [0.1, 0.15) is 6.33 Å². The van der Waals surface area contributed by atoms with E-state index in [-0.39, 0.29) is 5.69 Å². The first kappa shape index (κ1) is 19.1. The topological polar surface area (TPSA) is 125 Å². The van der Waals surface area contributed by atoms with E-state index >= 15 is 0 Å². The summed E-state index contributed by atoms with van der Waals surface area (Å²) in [7, 11) is 1.63. The van der Waals surface area contributed by atoms with Crippen molar-refractivity contribution in [2.75, 3.05) is 10.6 Å². The molecule has 0 radical (unpaired) electrons. The number of urea groups is 1. The van der Waals surface area contributed by atoms with Crippen molar-refractivity contribution < 1.29 is 4.79 Å². The number of carbonyl (C=O) groups is 1. The number of benzene rings is 2. The standard InChI is InChI=1S/C19H19N9O2/c1-3-27-17(23-24-25-27)13-5-4-6-15(11-13)22-18(29)21-14-7-9-16(10-8-14)28-19(30)26(2)12-20-28/h4-12H,3H2,1-2H3,(H2,21,22,29). The number of rotatable bonds is 5. The van der Waals surface area contributed by atoms with Crippen molar-refractivity contribution in [2.24, 2.45) is 7.05 Å². The van der Waals surface area contributed by atoms with Crippen LogP contribution in [0.15, 0.2) is 59.7 Å². The number of hydrogen-bond donors (Lipinski definition) is 2. The highest BCUT2D eigenvalue weighted by atomic mass is 16.2. The molecule has 0 bridgehead atoms. The van der Waals surface area contributed by atoms with E-state index < -0.39 is 6.03 Å². The zero-order valence-corrected chi connectivity index (χ0v) is 16.4. The smallest absolute Gasteiger partial charge is 0.308 e. The number of nitrogens with one attached hydrogen (secondary N) is 2. The maximum atomic E-state index is 12.4. The number of hydrogen-bond acceptors (Lipinski definition) is 6. The van der Waals surface area contributed by atoms with Gasteiger partial charge < -0.3 is 10.6 Å². The highest BCUT2D eigenvalue weighted by molar-refractivity contribution is 6.00. The molecule has 0 spiro atoms. The van der Waals surface area contributed by atoms with Crippen LogP contribution in [0, 0.1) is 0 Å². The fourth-order valence-electron chi connectivity index (χ4n) is 2.89. The van der Waals surface area contributed by atoms with Crippen LogP contribution >= 0.6 is 0 Å². The molecule has 4 rings (SSSR count). The first-order valence-electron chi connectivity index (χ1n) is 9.21. The molecule has 2 heterocycles. The van der Waals surface area contributed by atoms with Gasteiger partial charge in [-0.15, -0.1) is 5.10 Å². The lowest BCUT2D eigenvalue weighted by molar-refractivity contribution is 0.262. The normalized spacial score (nSPS) is 10.7. The molecule has 0 unspecified atom stereocenters. The van der Waals surface area contributed by atoms with Crippen molar-refractivity contribution in [3.05, 3.63) is 65.3 Å². The third-order valence-electron chi connectivity index (χ3n) is 4.40. The summed E-state index contributed by atoms with van der Waals surface area (Å²) in [5.74, 6) is 0.627. The van der Waals surface area contributed by atoms with Gasteiger partial charge in [-0.25, -0.2) is 14.3 Å². The van der Waals surface area contributed by atoms with Crippen LogP contribution in [0.2, 0.25) is 0 Å². The van der Waals surface area contributed by atoms with Crippen LogP contribution in [0.4, 0.5) is 16.2 Å². The third kappa shape index (κ3) is 3.81. The van der Waals surface area contributed by atoms with Crippen LogP contribution in [0.25, 0.3) is 17.1 Å². The first-order valence-corrected chi connectivity index (χ1v) is 9.21. The summed E-state index contributed by atoms with van der Waals surface area (Å²) in [6, 6.07) is 13.7. The Labute approximate surface area is 171 Å². The Balaban J connectivity index is 1.44. The van der Waals surface area contributed by atoms with E-state index in [9.17, 15) is 9.59 Å². The zero-order chi connectivity index (χ0) is 21.1. The van der Waals surface area contributed by atoms with E-state index in [2.05, 4.69) is 31.3 Å². The Morgan fingerprint density at radius 2 is 1.83 bits per heavy atom. The molecule has 152 valence electrons. The number of tetrazole rings is 1. The lowest BCUT2D eigenvalue weighted by Gasteiger charge is -2.09. The molecule has 2 amide bonds. The quantitative estimate of drug-likeness (QED) is 0.522. The van der Waals surface area contributed by atoms with Gasteiger partial charge in [0.25, 0.3) is 0 Å². The van der Waals surface area contributed by atoms with Crippen LogP contribution in [0.1, 0.15) is 6.92 Å². The van der Waals surface area contributed by atoms with Gasteiger partial charge in [0.05, 0.1) is 5.69 Å². The molecule has 11 heteroatoms. The van der Waals surface area contributed by atoms with Crippen molar-refractivity contribution in [3.8, 4) is 17.1 Å². The average Bonchev–Trinajstić information content (AvgIpc) is 3.36. The fourth-order valence-corrected chi connectivity index (χ4v) is 2.89. The second-order valence-corrected chi connectivity index (χ2v) is 6.46. The van der Waals surface area contributed by atoms with Crippen molar-refractivity contribution in [1.82, 2.24) is 34.6 Å². The van der Waals surface area contributed by atoms with Crippen LogP contribution in [-0.2, 0) is 13.6 Å². The molecular formula is C19H19N9O2. The fraction of sp³-hybridized carbons (Fsp3) is 0.158. The number of nitrogens with zero attached hydrogens (tertiary/aromatic N) is 7. The highest BCUT2D eigenvalue weighted by Crippen LogP contribution is 2.20. The van der Waals surface area contributed by atoms with Gasteiger partial charge in [0.2, 0.25) is 0 Å². The molecule has 0 atom stereocenters. The number of amides is 2. The van der Waals surface area contributed by atoms with E-state index in [4.69, 9.17) is 0 Å². The molecule has 2 aromatic carbocycles. The molecule has 0 aliphatic rings. The van der Waals surface area contributed by atoms with Crippen molar-refractivity contribution >= 4 is 17.4 Å². The summed E-state index contributed by atoms with van der Waals surface area (Å²) >= 11 is 0. The Hall–Kier alpha value is -4.28. The summed E-state index contributed by atoms with van der Waals surface area (Å²) in [5, 5.41) is 21.2. The third-order valence-corrected chi connectivity index (χ3v) is 4.40.